The van der Waals surface area contributed by atoms with Gasteiger partial charge in [-0.25, -0.2) is 18.4 Å². The minimum Gasteiger partial charge on any atom is -0.479 e. The molecule has 0 bridgehead atoms. The molecule has 2 atom stereocenters. The number of carbonyl (C=O) groups excluding carboxylic acids is 1. The highest BCUT2D eigenvalue weighted by molar-refractivity contribution is 7.89. The van der Waals surface area contributed by atoms with Crippen LogP contribution in [-0.4, -0.2) is 37.6 Å². The van der Waals surface area contributed by atoms with Gasteiger partial charge in [-0.05, 0) is 37.1 Å². The lowest BCUT2D eigenvalue weighted by Crippen LogP contribution is -2.29. The van der Waals surface area contributed by atoms with Gasteiger partial charge in [-0.3, -0.25) is 4.79 Å². The Labute approximate surface area is 120 Å². The number of carbonyl (C=O) groups is 2. The van der Waals surface area contributed by atoms with Gasteiger partial charge in [0.2, 0.25) is 10.0 Å². The first-order valence-electron chi connectivity index (χ1n) is 6.09. The molecule has 1 aromatic rings. The second kappa shape index (κ2) is 5.80. The van der Waals surface area contributed by atoms with E-state index < -0.39 is 34.1 Å². The van der Waals surface area contributed by atoms with E-state index in [9.17, 15) is 18.0 Å². The molecule has 0 radical (unpaired) electrons. The summed E-state index contributed by atoms with van der Waals surface area (Å²) in [4.78, 5) is 22.6. The van der Waals surface area contributed by atoms with Gasteiger partial charge in [0, 0.05) is 5.69 Å². The van der Waals surface area contributed by atoms with Gasteiger partial charge in [0.05, 0.1) is 4.90 Å². The lowest BCUT2D eigenvalue weighted by Gasteiger charge is -2.12. The van der Waals surface area contributed by atoms with Crippen LogP contribution in [0.25, 0.3) is 0 Å². The quantitative estimate of drug-likeness (QED) is 0.710. The third-order valence-electron chi connectivity index (χ3n) is 3.04. The highest BCUT2D eigenvalue weighted by Crippen LogP contribution is 2.21. The number of rotatable bonds is 4. The number of carboxylic acid groups (broad SMARTS) is 1. The van der Waals surface area contributed by atoms with Crippen molar-refractivity contribution in [3.8, 4) is 0 Å². The third kappa shape index (κ3) is 3.78. The number of benzene rings is 1. The van der Waals surface area contributed by atoms with Crippen molar-refractivity contribution in [2.24, 2.45) is 5.14 Å². The summed E-state index contributed by atoms with van der Waals surface area (Å²) in [7, 11) is -3.78. The summed E-state index contributed by atoms with van der Waals surface area (Å²) in [5.74, 6) is -1.56. The topological polar surface area (TPSA) is 136 Å². The maximum Gasteiger partial charge on any atom is 0.332 e. The molecule has 4 N–H and O–H groups in total. The average Bonchev–Trinajstić information content (AvgIpc) is 2.88. The van der Waals surface area contributed by atoms with Crippen LogP contribution in [-0.2, 0) is 24.3 Å². The lowest BCUT2D eigenvalue weighted by molar-refractivity contribution is -0.150. The van der Waals surface area contributed by atoms with Crippen molar-refractivity contribution >= 4 is 27.6 Å². The summed E-state index contributed by atoms with van der Waals surface area (Å²) in [6.45, 7) is 0. The highest BCUT2D eigenvalue weighted by Gasteiger charge is 2.34. The number of aliphatic carboxylic acids is 1. The summed E-state index contributed by atoms with van der Waals surface area (Å²) in [5, 5.41) is 16.3. The van der Waals surface area contributed by atoms with E-state index in [-0.39, 0.29) is 11.3 Å². The van der Waals surface area contributed by atoms with E-state index in [2.05, 4.69) is 5.32 Å². The number of primary sulfonamides is 1. The fraction of sp³-hybridized carbons (Fsp3) is 0.333. The maximum atomic E-state index is 11.9. The Kier molecular flexibility index (Phi) is 4.26. The zero-order valence-electron chi connectivity index (χ0n) is 10.9. The smallest absolute Gasteiger partial charge is 0.332 e. The molecule has 0 unspecified atom stereocenters. The van der Waals surface area contributed by atoms with E-state index >= 15 is 0 Å². The number of nitrogens with two attached hydrogens (primary N) is 1. The Morgan fingerprint density at radius 3 is 2.24 bits per heavy atom. The molecule has 1 saturated heterocycles. The molecule has 2 rings (SSSR count). The minimum absolute atomic E-state index is 0.0662. The SMILES string of the molecule is NS(=O)(=O)c1ccc(NC(=O)[C@@H]2CC[C@H](C(=O)O)O2)cc1. The molecule has 1 aromatic carbocycles. The molecular formula is C12H14N2O6S. The van der Waals surface area contributed by atoms with Crippen molar-refractivity contribution in [1.82, 2.24) is 0 Å². The molecule has 1 heterocycles. The average molecular weight is 314 g/mol. The first kappa shape index (κ1) is 15.4. The van der Waals surface area contributed by atoms with E-state index in [1.165, 1.54) is 24.3 Å². The molecule has 0 spiro atoms. The van der Waals surface area contributed by atoms with Crippen LogP contribution in [0.15, 0.2) is 29.2 Å². The number of amides is 1. The molecule has 0 aliphatic carbocycles. The maximum absolute atomic E-state index is 11.9. The molecule has 0 saturated carbocycles. The van der Waals surface area contributed by atoms with Gasteiger partial charge in [-0.2, -0.15) is 0 Å². The van der Waals surface area contributed by atoms with Crippen LogP contribution in [0, 0.1) is 0 Å². The van der Waals surface area contributed by atoms with Crippen LogP contribution in [0.4, 0.5) is 5.69 Å². The summed E-state index contributed by atoms with van der Waals surface area (Å²) in [6, 6.07) is 5.31. The van der Waals surface area contributed by atoms with Gasteiger partial charge in [-0.1, -0.05) is 0 Å². The van der Waals surface area contributed by atoms with Gasteiger partial charge in [-0.15, -0.1) is 0 Å². The largest absolute Gasteiger partial charge is 0.479 e. The van der Waals surface area contributed by atoms with Crippen molar-refractivity contribution in [3.63, 3.8) is 0 Å². The fourth-order valence-corrected chi connectivity index (χ4v) is 2.48. The number of anilines is 1. The number of sulfonamides is 1. The van der Waals surface area contributed by atoms with Gasteiger partial charge >= 0.3 is 5.97 Å². The van der Waals surface area contributed by atoms with Gasteiger partial charge in [0.25, 0.3) is 5.91 Å². The second-order valence-corrected chi connectivity index (χ2v) is 6.15. The molecule has 1 aliphatic heterocycles. The van der Waals surface area contributed by atoms with Crippen LogP contribution < -0.4 is 10.5 Å². The second-order valence-electron chi connectivity index (χ2n) is 4.59. The van der Waals surface area contributed by atoms with Gasteiger partial charge < -0.3 is 15.2 Å². The van der Waals surface area contributed by atoms with Crippen molar-refractivity contribution in [2.45, 2.75) is 29.9 Å². The first-order chi connectivity index (χ1) is 9.77. The number of ether oxygens (including phenoxy) is 1. The lowest BCUT2D eigenvalue weighted by atomic mass is 10.2. The summed E-state index contributed by atoms with van der Waals surface area (Å²) in [6.07, 6.45) is -1.20. The van der Waals surface area contributed by atoms with E-state index in [0.29, 0.717) is 12.1 Å². The van der Waals surface area contributed by atoms with Gasteiger partial charge in [0.15, 0.2) is 6.10 Å². The first-order valence-corrected chi connectivity index (χ1v) is 7.64. The predicted molar refractivity (Wildman–Crippen MR) is 72.0 cm³/mol. The molecule has 0 aromatic heterocycles. The van der Waals surface area contributed by atoms with Crippen LogP contribution in [0.3, 0.4) is 0 Å². The molecule has 1 aliphatic rings. The normalized spacial score (nSPS) is 22.0. The highest BCUT2D eigenvalue weighted by atomic mass is 32.2. The van der Waals surface area contributed by atoms with E-state index in [1.807, 2.05) is 0 Å². The predicted octanol–water partition coefficient (Wildman–Crippen LogP) is -0.0953. The van der Waals surface area contributed by atoms with Crippen LogP contribution in [0.1, 0.15) is 12.8 Å². The fourth-order valence-electron chi connectivity index (χ4n) is 1.96. The molecule has 8 nitrogen and oxygen atoms in total. The van der Waals surface area contributed by atoms with E-state index in [4.69, 9.17) is 15.0 Å². The number of hydrogen-bond donors (Lipinski definition) is 3. The molecule has 9 heteroatoms. The Morgan fingerprint density at radius 1 is 1.19 bits per heavy atom. The van der Waals surface area contributed by atoms with Crippen molar-refractivity contribution in [3.05, 3.63) is 24.3 Å². The molecule has 21 heavy (non-hydrogen) atoms. The van der Waals surface area contributed by atoms with Crippen LogP contribution in [0.2, 0.25) is 0 Å². The minimum atomic E-state index is -3.78. The summed E-state index contributed by atoms with van der Waals surface area (Å²) in [5.41, 5.74) is 0.370. The molecule has 1 fully saturated rings. The Morgan fingerprint density at radius 2 is 1.76 bits per heavy atom. The Balaban J connectivity index is 1.99. The monoisotopic (exact) mass is 314 g/mol. The summed E-state index contributed by atoms with van der Waals surface area (Å²) >= 11 is 0. The van der Waals surface area contributed by atoms with Gasteiger partial charge in [0.1, 0.15) is 6.10 Å². The molecule has 114 valence electrons. The molecular weight excluding hydrogens is 300 g/mol. The third-order valence-corrected chi connectivity index (χ3v) is 3.97. The Hall–Kier alpha value is -1.97. The standard InChI is InChI=1S/C12H14N2O6S/c13-21(18,19)8-3-1-7(2-4-8)14-11(15)9-5-6-10(20-9)12(16)17/h1-4,9-10H,5-6H2,(H,14,15)(H,16,17)(H2,13,18,19)/t9-,10+/m0/s1. The van der Waals surface area contributed by atoms with Crippen molar-refractivity contribution < 1.29 is 27.9 Å². The van der Waals surface area contributed by atoms with Crippen LogP contribution in [0.5, 0.6) is 0 Å². The van der Waals surface area contributed by atoms with Crippen LogP contribution >= 0.6 is 0 Å². The zero-order valence-corrected chi connectivity index (χ0v) is 11.7. The van der Waals surface area contributed by atoms with Crippen molar-refractivity contribution in [1.29, 1.82) is 0 Å². The number of hydrogen-bond acceptors (Lipinski definition) is 5. The number of nitrogens with one attached hydrogen (secondary N) is 1. The van der Waals surface area contributed by atoms with E-state index in [0.717, 1.165) is 0 Å². The van der Waals surface area contributed by atoms with E-state index in [1.54, 1.807) is 0 Å². The number of carboxylic acids is 1. The zero-order chi connectivity index (χ0) is 15.6. The van der Waals surface area contributed by atoms with Crippen molar-refractivity contribution in [2.75, 3.05) is 5.32 Å². The summed E-state index contributed by atoms with van der Waals surface area (Å²) < 4.78 is 27.3. The molecule has 1 amide bonds. The Bertz CT molecular complexity index is 655.